The lowest BCUT2D eigenvalue weighted by molar-refractivity contribution is -0.130. The normalized spacial score (nSPS) is 11.3. The average Bonchev–Trinajstić information content (AvgIpc) is 2.58. The van der Waals surface area contributed by atoms with Gasteiger partial charge in [-0.05, 0) is 36.3 Å². The highest BCUT2D eigenvalue weighted by Gasteiger charge is 2.12. The first-order valence-electron chi connectivity index (χ1n) is 8.04. The third kappa shape index (κ3) is 5.14. The van der Waals surface area contributed by atoms with Gasteiger partial charge in [-0.25, -0.2) is 4.79 Å². The lowest BCUT2D eigenvalue weighted by Gasteiger charge is -2.10. The second-order valence-electron chi connectivity index (χ2n) is 5.46. The Hall–Kier alpha value is -2.26. The van der Waals surface area contributed by atoms with E-state index >= 15 is 0 Å². The quantitative estimate of drug-likeness (QED) is 0.389. The second kappa shape index (κ2) is 9.14. The molecule has 0 aromatic heterocycles. The first kappa shape index (κ1) is 18.1. The maximum atomic E-state index is 11.7. The third-order valence-corrected chi connectivity index (χ3v) is 3.86. The van der Waals surface area contributed by atoms with Gasteiger partial charge in [-0.1, -0.05) is 61.7 Å². The molecule has 1 N–H and O–H groups in total. The number of unbranched alkanes of at least 4 members (excludes halogenated alkanes) is 2. The van der Waals surface area contributed by atoms with Gasteiger partial charge in [0.15, 0.2) is 0 Å². The predicted octanol–water partition coefficient (Wildman–Crippen LogP) is 5.53. The van der Waals surface area contributed by atoms with Crippen LogP contribution in [0.4, 0.5) is 0 Å². The Bertz CT molecular complexity index is 705. The Balaban J connectivity index is 2.29. The Morgan fingerprint density at radius 1 is 1.12 bits per heavy atom. The first-order chi connectivity index (χ1) is 11.6. The van der Waals surface area contributed by atoms with Crippen LogP contribution >= 0.6 is 11.6 Å². The van der Waals surface area contributed by atoms with E-state index in [4.69, 9.17) is 16.3 Å². The summed E-state index contributed by atoms with van der Waals surface area (Å²) in [5.74, 6) is -0.292. The summed E-state index contributed by atoms with van der Waals surface area (Å²) in [6.07, 6.45) is 4.87. The van der Waals surface area contributed by atoms with E-state index < -0.39 is 5.97 Å². The number of ether oxygens (including phenoxy) is 1. The molecule has 24 heavy (non-hydrogen) atoms. The molecular weight excluding hydrogens is 324 g/mol. The minimum Gasteiger partial charge on any atom is -0.493 e. The third-order valence-electron chi connectivity index (χ3n) is 3.61. The van der Waals surface area contributed by atoms with E-state index in [2.05, 4.69) is 6.92 Å². The summed E-state index contributed by atoms with van der Waals surface area (Å²) in [7, 11) is 0. The molecule has 0 amide bonds. The number of carboxylic acids is 1. The maximum Gasteiger partial charge on any atom is 0.336 e. The van der Waals surface area contributed by atoms with Crippen molar-refractivity contribution in [2.24, 2.45) is 0 Å². The minimum atomic E-state index is -0.988. The zero-order valence-electron chi connectivity index (χ0n) is 13.7. The molecule has 0 saturated carbocycles. The highest BCUT2D eigenvalue weighted by atomic mass is 35.5. The fourth-order valence-electron chi connectivity index (χ4n) is 2.32. The van der Waals surface area contributed by atoms with Gasteiger partial charge < -0.3 is 9.84 Å². The number of hydrogen-bond acceptors (Lipinski definition) is 2. The van der Waals surface area contributed by atoms with E-state index in [1.807, 2.05) is 24.3 Å². The second-order valence-corrected chi connectivity index (χ2v) is 5.90. The van der Waals surface area contributed by atoms with Gasteiger partial charge >= 0.3 is 5.97 Å². The van der Waals surface area contributed by atoms with E-state index in [9.17, 15) is 9.90 Å². The highest BCUT2D eigenvalue weighted by Crippen LogP contribution is 2.26. The number of carbonyl (C=O) groups is 1. The first-order valence-corrected chi connectivity index (χ1v) is 8.42. The van der Waals surface area contributed by atoms with Gasteiger partial charge in [-0.2, -0.15) is 0 Å². The summed E-state index contributed by atoms with van der Waals surface area (Å²) < 4.78 is 5.82. The number of aliphatic carboxylic acids is 1. The summed E-state index contributed by atoms with van der Waals surface area (Å²) >= 11 is 5.88. The van der Waals surface area contributed by atoms with Gasteiger partial charge in [0.2, 0.25) is 0 Å². The molecular formula is C20H21ClO3. The molecule has 0 saturated heterocycles. The number of benzene rings is 2. The van der Waals surface area contributed by atoms with Gasteiger partial charge in [0.25, 0.3) is 0 Å². The van der Waals surface area contributed by atoms with E-state index in [1.165, 1.54) is 0 Å². The van der Waals surface area contributed by atoms with Crippen molar-refractivity contribution in [2.45, 2.75) is 26.2 Å². The molecule has 0 unspecified atom stereocenters. The molecule has 0 heterocycles. The minimum absolute atomic E-state index is 0.205. The smallest absolute Gasteiger partial charge is 0.336 e. The van der Waals surface area contributed by atoms with Crippen LogP contribution in [0.1, 0.15) is 37.3 Å². The molecule has 0 radical (unpaired) electrons. The summed E-state index contributed by atoms with van der Waals surface area (Å²) in [6, 6.07) is 14.2. The van der Waals surface area contributed by atoms with Crippen molar-refractivity contribution in [1.29, 1.82) is 0 Å². The summed E-state index contributed by atoms with van der Waals surface area (Å²) in [5.41, 5.74) is 1.56. The van der Waals surface area contributed by atoms with Crippen LogP contribution in [0.15, 0.2) is 48.5 Å². The van der Waals surface area contributed by atoms with Crippen LogP contribution < -0.4 is 4.74 Å². The Morgan fingerprint density at radius 3 is 2.50 bits per heavy atom. The lowest BCUT2D eigenvalue weighted by atomic mass is 10.0. The van der Waals surface area contributed by atoms with Gasteiger partial charge in [-0.15, -0.1) is 0 Å². The fraction of sp³-hybridized carbons (Fsp3) is 0.250. The number of para-hydroxylation sites is 1. The Labute approximate surface area is 147 Å². The SMILES string of the molecule is CCCCCOc1ccccc1/C=C(\C(=O)O)c1ccc(Cl)cc1. The van der Waals surface area contributed by atoms with Crippen LogP contribution in [-0.4, -0.2) is 17.7 Å². The van der Waals surface area contributed by atoms with E-state index in [-0.39, 0.29) is 5.57 Å². The van der Waals surface area contributed by atoms with Crippen molar-refractivity contribution in [3.05, 3.63) is 64.7 Å². The van der Waals surface area contributed by atoms with Crippen molar-refractivity contribution < 1.29 is 14.6 Å². The molecule has 2 aromatic carbocycles. The molecule has 0 atom stereocenters. The van der Waals surface area contributed by atoms with Gasteiger partial charge in [0.05, 0.1) is 12.2 Å². The van der Waals surface area contributed by atoms with Crippen molar-refractivity contribution >= 4 is 29.2 Å². The Kier molecular flexibility index (Phi) is 6.89. The lowest BCUT2D eigenvalue weighted by Crippen LogP contribution is -2.01. The highest BCUT2D eigenvalue weighted by molar-refractivity contribution is 6.30. The largest absolute Gasteiger partial charge is 0.493 e. The molecule has 126 valence electrons. The molecule has 0 spiro atoms. The Morgan fingerprint density at radius 2 is 1.83 bits per heavy atom. The van der Waals surface area contributed by atoms with E-state index in [0.717, 1.165) is 24.8 Å². The van der Waals surface area contributed by atoms with Crippen molar-refractivity contribution in [1.82, 2.24) is 0 Å². The average molecular weight is 345 g/mol. The number of halogens is 1. The van der Waals surface area contributed by atoms with Crippen molar-refractivity contribution in [3.8, 4) is 5.75 Å². The standard InChI is InChI=1S/C20H21ClO3/c1-2-3-6-13-24-19-8-5-4-7-16(19)14-18(20(22)23)15-9-11-17(21)12-10-15/h4-5,7-12,14H,2-3,6,13H2,1H3,(H,22,23)/b18-14-. The molecule has 2 rings (SSSR count). The summed E-state index contributed by atoms with van der Waals surface area (Å²) in [4.78, 5) is 11.7. The topological polar surface area (TPSA) is 46.5 Å². The predicted molar refractivity (Wildman–Crippen MR) is 98.4 cm³/mol. The van der Waals surface area contributed by atoms with Crippen LogP contribution in [0.5, 0.6) is 5.75 Å². The maximum absolute atomic E-state index is 11.7. The van der Waals surface area contributed by atoms with E-state index in [1.54, 1.807) is 30.3 Å². The molecule has 0 bridgehead atoms. The molecule has 0 aliphatic heterocycles. The van der Waals surface area contributed by atoms with Gasteiger partial charge in [0.1, 0.15) is 5.75 Å². The van der Waals surface area contributed by atoms with E-state index in [0.29, 0.717) is 22.9 Å². The van der Waals surface area contributed by atoms with Crippen LogP contribution in [0.25, 0.3) is 11.6 Å². The summed E-state index contributed by atoms with van der Waals surface area (Å²) in [5, 5.41) is 10.1. The monoisotopic (exact) mass is 344 g/mol. The van der Waals surface area contributed by atoms with Crippen molar-refractivity contribution in [3.63, 3.8) is 0 Å². The molecule has 2 aromatic rings. The molecule has 0 aliphatic carbocycles. The van der Waals surface area contributed by atoms with Crippen LogP contribution in [0.2, 0.25) is 5.02 Å². The summed E-state index contributed by atoms with van der Waals surface area (Å²) in [6.45, 7) is 2.77. The zero-order chi connectivity index (χ0) is 17.4. The van der Waals surface area contributed by atoms with Gasteiger partial charge in [0, 0.05) is 10.6 Å². The van der Waals surface area contributed by atoms with Crippen LogP contribution in [0, 0.1) is 0 Å². The number of hydrogen-bond donors (Lipinski definition) is 1. The molecule has 0 fully saturated rings. The van der Waals surface area contributed by atoms with Crippen molar-refractivity contribution in [2.75, 3.05) is 6.61 Å². The number of carboxylic acid groups (broad SMARTS) is 1. The zero-order valence-corrected chi connectivity index (χ0v) is 14.4. The molecule has 0 aliphatic rings. The molecule has 4 heteroatoms. The van der Waals surface area contributed by atoms with Crippen LogP contribution in [-0.2, 0) is 4.79 Å². The molecule has 3 nitrogen and oxygen atoms in total. The van der Waals surface area contributed by atoms with Gasteiger partial charge in [-0.3, -0.25) is 0 Å². The number of rotatable bonds is 8. The fourth-order valence-corrected chi connectivity index (χ4v) is 2.44. The van der Waals surface area contributed by atoms with Crippen LogP contribution in [0.3, 0.4) is 0 Å².